The van der Waals surface area contributed by atoms with E-state index in [2.05, 4.69) is 41.4 Å². The van der Waals surface area contributed by atoms with E-state index in [1.165, 1.54) is 69.3 Å². The molecule has 0 aromatic heterocycles. The molecule has 1 saturated heterocycles. The topological polar surface area (TPSA) is 15.3 Å². The van der Waals surface area contributed by atoms with E-state index in [4.69, 9.17) is 0 Å². The lowest BCUT2D eigenvalue weighted by atomic mass is 10.0. The predicted octanol–water partition coefficient (Wildman–Crippen LogP) is 3.74. The van der Waals surface area contributed by atoms with E-state index in [1.807, 2.05) is 0 Å². The first kappa shape index (κ1) is 15.1. The van der Waals surface area contributed by atoms with E-state index in [-0.39, 0.29) is 0 Å². The summed E-state index contributed by atoms with van der Waals surface area (Å²) in [6, 6.07) is 9.53. The third-order valence-electron chi connectivity index (χ3n) is 5.33. The quantitative estimate of drug-likeness (QED) is 0.887. The lowest BCUT2D eigenvalue weighted by molar-refractivity contribution is 0.180. The number of aryl methyl sites for hydroxylation is 1. The van der Waals surface area contributed by atoms with Crippen LogP contribution in [-0.2, 0) is 6.54 Å². The van der Waals surface area contributed by atoms with Crippen molar-refractivity contribution >= 4 is 0 Å². The molecule has 1 unspecified atom stereocenters. The number of hydrogen-bond acceptors (Lipinski definition) is 2. The summed E-state index contributed by atoms with van der Waals surface area (Å²) in [7, 11) is 0. The molecule has 1 N–H and O–H groups in total. The minimum absolute atomic E-state index is 0.711. The van der Waals surface area contributed by atoms with Crippen LogP contribution < -0.4 is 5.32 Å². The van der Waals surface area contributed by atoms with Crippen molar-refractivity contribution in [3.05, 3.63) is 35.4 Å². The summed E-state index contributed by atoms with van der Waals surface area (Å²) >= 11 is 0. The average molecular weight is 286 g/mol. The lowest BCUT2D eigenvalue weighted by Gasteiger charge is -2.34. The van der Waals surface area contributed by atoms with Gasteiger partial charge in [0.1, 0.15) is 0 Å². The van der Waals surface area contributed by atoms with Crippen molar-refractivity contribution in [2.75, 3.05) is 19.6 Å². The molecule has 116 valence electrons. The molecule has 2 fully saturated rings. The van der Waals surface area contributed by atoms with Gasteiger partial charge in [-0.3, -0.25) is 4.90 Å². The van der Waals surface area contributed by atoms with Crippen molar-refractivity contribution in [1.82, 2.24) is 10.2 Å². The largest absolute Gasteiger partial charge is 0.312 e. The van der Waals surface area contributed by atoms with Crippen LogP contribution in [-0.4, -0.2) is 30.6 Å². The fourth-order valence-corrected chi connectivity index (χ4v) is 3.94. The third-order valence-corrected chi connectivity index (χ3v) is 5.33. The predicted molar refractivity (Wildman–Crippen MR) is 89.4 cm³/mol. The molecule has 1 atom stereocenters. The molecule has 2 nitrogen and oxygen atoms in total. The molecular weight excluding hydrogens is 256 g/mol. The summed E-state index contributed by atoms with van der Waals surface area (Å²) in [6.07, 6.45) is 8.51. The molecule has 1 aliphatic carbocycles. The normalized spacial score (nSPS) is 24.5. The van der Waals surface area contributed by atoms with Crippen LogP contribution in [0.2, 0.25) is 0 Å². The highest BCUT2D eigenvalue weighted by molar-refractivity contribution is 5.25. The maximum Gasteiger partial charge on any atom is 0.0237 e. The lowest BCUT2D eigenvalue weighted by Crippen LogP contribution is -2.46. The maximum atomic E-state index is 3.85. The van der Waals surface area contributed by atoms with Gasteiger partial charge in [-0.05, 0) is 62.7 Å². The molecule has 0 radical (unpaired) electrons. The van der Waals surface area contributed by atoms with Crippen LogP contribution in [0.4, 0.5) is 0 Å². The molecule has 1 aromatic carbocycles. The Hall–Kier alpha value is -0.860. The monoisotopic (exact) mass is 286 g/mol. The Morgan fingerprint density at radius 3 is 2.71 bits per heavy atom. The zero-order chi connectivity index (χ0) is 14.5. The maximum absolute atomic E-state index is 3.85. The summed E-state index contributed by atoms with van der Waals surface area (Å²) in [4.78, 5) is 2.64. The number of benzene rings is 1. The van der Waals surface area contributed by atoms with Gasteiger partial charge in [0.2, 0.25) is 0 Å². The Balaban J connectivity index is 1.47. The average Bonchev–Trinajstić information content (AvgIpc) is 3.01. The van der Waals surface area contributed by atoms with Crippen LogP contribution in [0, 0.1) is 12.8 Å². The highest BCUT2D eigenvalue weighted by Gasteiger charge is 2.22. The van der Waals surface area contributed by atoms with Crippen LogP contribution in [0.25, 0.3) is 0 Å². The van der Waals surface area contributed by atoms with Gasteiger partial charge in [-0.1, -0.05) is 37.1 Å². The van der Waals surface area contributed by atoms with Gasteiger partial charge in [-0.25, -0.2) is 0 Å². The van der Waals surface area contributed by atoms with Crippen LogP contribution in [0.3, 0.4) is 0 Å². The minimum atomic E-state index is 0.711. The van der Waals surface area contributed by atoms with Gasteiger partial charge in [0.15, 0.2) is 0 Å². The standard InChI is InChI=1S/C19H30N2/c1-16-7-2-5-10-18(16)14-21-12-6-11-19(15-21)20-13-17-8-3-4-9-17/h2,5,7,10,17,19-20H,3-4,6,8-9,11-15H2,1H3. The van der Waals surface area contributed by atoms with Gasteiger partial charge in [0.05, 0.1) is 0 Å². The van der Waals surface area contributed by atoms with Crippen molar-refractivity contribution in [3.63, 3.8) is 0 Å². The molecule has 1 heterocycles. The summed E-state index contributed by atoms with van der Waals surface area (Å²) in [5.74, 6) is 0.955. The third kappa shape index (κ3) is 4.31. The van der Waals surface area contributed by atoms with Crippen molar-refractivity contribution in [1.29, 1.82) is 0 Å². The van der Waals surface area contributed by atoms with E-state index in [0.29, 0.717) is 6.04 Å². The van der Waals surface area contributed by atoms with Gasteiger partial charge in [-0.15, -0.1) is 0 Å². The highest BCUT2D eigenvalue weighted by atomic mass is 15.2. The number of nitrogens with zero attached hydrogens (tertiary/aromatic N) is 1. The van der Waals surface area contributed by atoms with Crippen molar-refractivity contribution < 1.29 is 0 Å². The fourth-order valence-electron chi connectivity index (χ4n) is 3.94. The Morgan fingerprint density at radius 2 is 1.90 bits per heavy atom. The van der Waals surface area contributed by atoms with Crippen LogP contribution in [0.5, 0.6) is 0 Å². The Kier molecular flexibility index (Phi) is 5.32. The number of rotatable bonds is 5. The molecule has 2 heteroatoms. The fraction of sp³-hybridized carbons (Fsp3) is 0.684. The van der Waals surface area contributed by atoms with Crippen LogP contribution >= 0.6 is 0 Å². The van der Waals surface area contributed by atoms with E-state index < -0.39 is 0 Å². The zero-order valence-corrected chi connectivity index (χ0v) is 13.5. The van der Waals surface area contributed by atoms with Gasteiger partial charge in [-0.2, -0.15) is 0 Å². The minimum Gasteiger partial charge on any atom is -0.312 e. The molecule has 0 spiro atoms. The van der Waals surface area contributed by atoms with Crippen molar-refractivity contribution in [3.8, 4) is 0 Å². The first-order chi connectivity index (χ1) is 10.3. The Bertz CT molecular complexity index is 437. The highest BCUT2D eigenvalue weighted by Crippen LogP contribution is 2.24. The van der Waals surface area contributed by atoms with E-state index >= 15 is 0 Å². The second-order valence-electron chi connectivity index (χ2n) is 7.06. The molecule has 1 aromatic rings. The second kappa shape index (κ2) is 7.42. The summed E-state index contributed by atoms with van der Waals surface area (Å²) in [5, 5.41) is 3.85. The second-order valence-corrected chi connectivity index (χ2v) is 7.06. The van der Waals surface area contributed by atoms with E-state index in [9.17, 15) is 0 Å². The molecular formula is C19H30N2. The van der Waals surface area contributed by atoms with Crippen LogP contribution in [0.15, 0.2) is 24.3 Å². The van der Waals surface area contributed by atoms with Gasteiger partial charge in [0.25, 0.3) is 0 Å². The van der Waals surface area contributed by atoms with E-state index in [0.717, 1.165) is 12.5 Å². The summed E-state index contributed by atoms with van der Waals surface area (Å²) in [6.45, 7) is 7.09. The van der Waals surface area contributed by atoms with E-state index in [1.54, 1.807) is 0 Å². The number of likely N-dealkylation sites (tertiary alicyclic amines) is 1. The van der Waals surface area contributed by atoms with Gasteiger partial charge < -0.3 is 5.32 Å². The zero-order valence-electron chi connectivity index (χ0n) is 13.5. The Morgan fingerprint density at radius 1 is 1.10 bits per heavy atom. The number of nitrogens with one attached hydrogen (secondary N) is 1. The molecule has 0 amide bonds. The smallest absolute Gasteiger partial charge is 0.0237 e. The first-order valence-corrected chi connectivity index (χ1v) is 8.81. The van der Waals surface area contributed by atoms with Crippen molar-refractivity contribution in [2.24, 2.45) is 5.92 Å². The molecule has 21 heavy (non-hydrogen) atoms. The Labute approximate surface area is 129 Å². The van der Waals surface area contributed by atoms with Gasteiger partial charge in [0, 0.05) is 19.1 Å². The number of piperidine rings is 1. The summed E-state index contributed by atoms with van der Waals surface area (Å²) in [5.41, 5.74) is 2.92. The first-order valence-electron chi connectivity index (χ1n) is 8.81. The molecule has 1 saturated carbocycles. The van der Waals surface area contributed by atoms with Crippen molar-refractivity contribution in [2.45, 2.75) is 58.0 Å². The molecule has 0 bridgehead atoms. The van der Waals surface area contributed by atoms with Crippen LogP contribution in [0.1, 0.15) is 49.7 Å². The molecule has 1 aliphatic heterocycles. The molecule has 2 aliphatic rings. The number of hydrogen-bond donors (Lipinski definition) is 1. The molecule has 3 rings (SSSR count). The summed E-state index contributed by atoms with van der Waals surface area (Å²) < 4.78 is 0. The van der Waals surface area contributed by atoms with Gasteiger partial charge >= 0.3 is 0 Å². The SMILES string of the molecule is Cc1ccccc1CN1CCCC(NCC2CCCC2)C1.